The van der Waals surface area contributed by atoms with Crippen LogP contribution in [0.2, 0.25) is 10.0 Å². The second-order valence-electron chi connectivity index (χ2n) is 38.5. The van der Waals surface area contributed by atoms with Crippen molar-refractivity contribution in [2.75, 3.05) is 193 Å². The molecule has 29 nitrogen and oxygen atoms in total. The van der Waals surface area contributed by atoms with E-state index >= 15 is 0 Å². The van der Waals surface area contributed by atoms with Gasteiger partial charge in [0.2, 0.25) is 0 Å². The quantitative estimate of drug-likeness (QED) is 0.0237. The van der Waals surface area contributed by atoms with Crippen molar-refractivity contribution in [1.29, 1.82) is 0 Å². The highest BCUT2D eigenvalue weighted by Gasteiger charge is 2.37. The average molecular weight is 2040 g/mol. The van der Waals surface area contributed by atoms with E-state index in [2.05, 4.69) is 49.2 Å². The number of anilines is 4. The summed E-state index contributed by atoms with van der Waals surface area (Å²) in [7, 11) is 6.62. The van der Waals surface area contributed by atoms with Gasteiger partial charge < -0.3 is 126 Å². The Balaban J connectivity index is 0.000000185. The maximum Gasteiger partial charge on any atom is 0.410 e. The van der Waals surface area contributed by atoms with Gasteiger partial charge in [0.1, 0.15) is 62.8 Å². The molecule has 4 saturated heterocycles. The van der Waals surface area contributed by atoms with Crippen LogP contribution in [0.4, 0.5) is 37.1 Å². The zero-order valence-corrected chi connectivity index (χ0v) is 87.9. The van der Waals surface area contributed by atoms with E-state index < -0.39 is 16.8 Å². The zero-order valence-electron chi connectivity index (χ0n) is 86.4. The third-order valence-electron chi connectivity index (χ3n) is 23.7. The number of benzene rings is 10. The van der Waals surface area contributed by atoms with Crippen molar-refractivity contribution in [3.05, 3.63) is 286 Å². The van der Waals surface area contributed by atoms with Crippen LogP contribution in [0.1, 0.15) is 115 Å². The minimum Gasteiger partial charge on any atom is -0.508 e. The second-order valence-corrected chi connectivity index (χ2v) is 39.4. The van der Waals surface area contributed by atoms with E-state index in [0.717, 1.165) is 133 Å². The molecule has 4 atom stereocenters. The summed E-state index contributed by atoms with van der Waals surface area (Å²) in [5, 5.41) is 23.5. The fourth-order valence-electron chi connectivity index (χ4n) is 16.2. The summed E-state index contributed by atoms with van der Waals surface area (Å²) in [5.74, 6) is 5.96. The van der Waals surface area contributed by atoms with Gasteiger partial charge in [-0.05, 0) is 266 Å². The standard InChI is InChI=1S/C34H43ClN2O6.C29H35ClN2O4.C27H38N2O6.C24H32N2O5/c1-34(2,3)43-33(38)36-18-19-37(30(22-36)25-41-24-27-8-14-31(39-4)15-9-27)29-12-16-32(17-13-29)42-21-5-20-40-23-26-6-10-28(35)11-7-26;1-33-28-11-5-24(6-12-28)21-35-22-27-19-31-15-16-32(27)26-9-13-29(14-10-26)36-18-2-17-34-20-23-3-7-25(30)8-4-23;1-27(2,3)35-26(31)28-14-15-29(22-8-12-25(13-9-22)34-17-5-16-30)23(18-28)20-33-19-21-6-10-24(32-4)11-7-21;1-24(2,3)31-23(28)25-13-14-26(19-7-9-21(27)10-8-19)20(15-25)17-30-16-18-5-11-22(29-4)12-6-18/h6-17,30H,5,18-25H2,1-4H3;3-14,27,31H,2,15-22H2,1H3;6-13,23,30H,5,14-20H2,1-4H3;5-12,20,27H,13-17H2,1-4H3/t30-;27-;23-;20-/m1111/s1. The molecule has 0 aliphatic carbocycles. The predicted octanol–water partition coefficient (Wildman–Crippen LogP) is 20.4. The number of phenols is 1. The van der Waals surface area contributed by atoms with Crippen LogP contribution in [-0.2, 0) is 82.3 Å². The fourth-order valence-corrected chi connectivity index (χ4v) is 16.5. The summed E-state index contributed by atoms with van der Waals surface area (Å²) in [5.41, 5.74) is 9.17. The van der Waals surface area contributed by atoms with Crippen molar-refractivity contribution in [1.82, 2.24) is 20.0 Å². The number of hydrogen-bond donors (Lipinski definition) is 3. The fraction of sp³-hybridized carbons (Fsp3) is 0.447. The number of halogens is 2. The maximum atomic E-state index is 12.9. The number of carbonyl (C=O) groups is 3. The zero-order chi connectivity index (χ0) is 103. The number of ether oxygens (including phenoxy) is 16. The minimum atomic E-state index is -0.548. The Morgan fingerprint density at radius 3 is 0.834 bits per heavy atom. The number of nitrogens with one attached hydrogen (secondary N) is 1. The summed E-state index contributed by atoms with van der Waals surface area (Å²) in [4.78, 5) is 52.7. The topological polar surface area (TPSA) is 274 Å². The molecule has 14 rings (SSSR count). The van der Waals surface area contributed by atoms with Crippen LogP contribution in [0.15, 0.2) is 243 Å². The first-order chi connectivity index (χ1) is 69.9. The lowest BCUT2D eigenvalue weighted by Gasteiger charge is -2.42. The van der Waals surface area contributed by atoms with Crippen LogP contribution in [0.3, 0.4) is 0 Å². The maximum absolute atomic E-state index is 12.9. The average Bonchev–Trinajstić information content (AvgIpc) is 0.834. The van der Waals surface area contributed by atoms with Crippen LogP contribution in [-0.4, -0.2) is 257 Å². The van der Waals surface area contributed by atoms with E-state index in [4.69, 9.17) is 104 Å². The second kappa shape index (κ2) is 58.9. The van der Waals surface area contributed by atoms with E-state index in [1.807, 2.05) is 269 Å². The lowest BCUT2D eigenvalue weighted by Crippen LogP contribution is -2.57. The molecule has 10 aromatic carbocycles. The highest BCUT2D eigenvalue weighted by molar-refractivity contribution is 6.30. The smallest absolute Gasteiger partial charge is 0.410 e. The van der Waals surface area contributed by atoms with Crippen LogP contribution < -0.4 is 58.1 Å². The number of aliphatic hydroxyl groups excluding tert-OH is 1. The summed E-state index contributed by atoms with van der Waals surface area (Å²) >= 11 is 11.8. The van der Waals surface area contributed by atoms with Crippen molar-refractivity contribution in [3.8, 4) is 46.0 Å². The first-order valence-corrected chi connectivity index (χ1v) is 50.5. The number of amides is 3. The largest absolute Gasteiger partial charge is 0.508 e. The molecule has 3 N–H and O–H groups in total. The highest BCUT2D eigenvalue weighted by Crippen LogP contribution is 2.33. The number of methoxy groups -OCH3 is 4. The first kappa shape index (κ1) is 113. The molecule has 0 bridgehead atoms. The first-order valence-electron chi connectivity index (χ1n) is 49.7. The van der Waals surface area contributed by atoms with Crippen molar-refractivity contribution < 1.29 is 100 Å². The van der Waals surface area contributed by atoms with Crippen molar-refractivity contribution in [3.63, 3.8) is 0 Å². The van der Waals surface area contributed by atoms with E-state index in [1.165, 1.54) is 5.69 Å². The van der Waals surface area contributed by atoms with Gasteiger partial charge in [-0.1, -0.05) is 96.0 Å². The minimum absolute atomic E-state index is 0.0318. The van der Waals surface area contributed by atoms with Gasteiger partial charge in [0, 0.05) is 137 Å². The molecular formula is C114H148Cl2N8O21. The van der Waals surface area contributed by atoms with Gasteiger partial charge in [-0.15, -0.1) is 0 Å². The Labute approximate surface area is 866 Å². The van der Waals surface area contributed by atoms with Crippen LogP contribution in [0, 0.1) is 0 Å². The number of nitrogens with zero attached hydrogens (tertiary/aromatic N) is 7. The van der Waals surface area contributed by atoms with Crippen LogP contribution in [0.25, 0.3) is 0 Å². The van der Waals surface area contributed by atoms with E-state index in [1.54, 1.807) is 55.3 Å². The number of aliphatic hydroxyl groups is 1. The number of hydrogen-bond acceptors (Lipinski definition) is 26. The molecule has 0 radical (unpaired) electrons. The molecule has 784 valence electrons. The number of rotatable bonds is 42. The van der Waals surface area contributed by atoms with Crippen molar-refractivity contribution >= 4 is 64.2 Å². The molecule has 145 heavy (non-hydrogen) atoms. The Kier molecular flexibility index (Phi) is 46.0. The molecule has 3 amide bonds. The van der Waals surface area contributed by atoms with Crippen molar-refractivity contribution in [2.24, 2.45) is 0 Å². The lowest BCUT2D eigenvalue weighted by atomic mass is 10.1. The normalized spacial score (nSPS) is 15.9. The Hall–Kier alpha value is -12.1. The van der Waals surface area contributed by atoms with Gasteiger partial charge in [-0.3, -0.25) is 0 Å². The Morgan fingerprint density at radius 1 is 0.310 bits per heavy atom. The molecule has 4 aliphatic heterocycles. The molecule has 4 aliphatic rings. The van der Waals surface area contributed by atoms with E-state index in [-0.39, 0.29) is 54.8 Å². The lowest BCUT2D eigenvalue weighted by molar-refractivity contribution is 0.0152. The van der Waals surface area contributed by atoms with Crippen LogP contribution in [0.5, 0.6) is 46.0 Å². The monoisotopic (exact) mass is 2040 g/mol. The molecule has 31 heteroatoms. The number of phenolic OH excluding ortho intramolecular Hbond substituents is 1. The Bertz CT molecular complexity index is 5380. The summed E-state index contributed by atoms with van der Waals surface area (Å²) in [6.45, 7) is 33.1. The SMILES string of the molecule is COc1ccc(COC[C@H]2CN(C(=O)OC(C)(C)C)CCN2c2ccc(O)cc2)cc1.COc1ccc(COC[C@H]2CN(C(=O)OC(C)(C)C)CCN2c2ccc(OCCCO)cc2)cc1.COc1ccc(COC[C@H]2CN(C(=O)OC(C)(C)C)CCN2c2ccc(OCCCOCc3ccc(Cl)cc3)cc2)cc1.COc1ccc(COC[C@H]2CNCCN2c2ccc(OCCCOCc3ccc(Cl)cc3)cc2)cc1. The van der Waals surface area contributed by atoms with Gasteiger partial charge in [-0.2, -0.15) is 0 Å². The summed E-state index contributed by atoms with van der Waals surface area (Å²) in [6, 6.07) is 78.5. The van der Waals surface area contributed by atoms with Crippen LogP contribution >= 0.6 is 23.2 Å². The van der Waals surface area contributed by atoms with Gasteiger partial charge in [-0.25, -0.2) is 14.4 Å². The third kappa shape index (κ3) is 40.0. The molecule has 10 aromatic rings. The molecular weight excluding hydrogens is 1890 g/mol. The number of carbonyl (C=O) groups excluding carboxylic acids is 3. The summed E-state index contributed by atoms with van der Waals surface area (Å²) in [6.07, 6.45) is 1.31. The highest BCUT2D eigenvalue weighted by atomic mass is 35.5. The third-order valence-corrected chi connectivity index (χ3v) is 24.2. The van der Waals surface area contributed by atoms with E-state index in [9.17, 15) is 19.5 Å². The van der Waals surface area contributed by atoms with Crippen molar-refractivity contribution in [2.45, 2.75) is 162 Å². The number of aromatic hydroxyl groups is 1. The molecule has 4 heterocycles. The molecule has 0 unspecified atom stereocenters. The molecule has 4 fully saturated rings. The Morgan fingerprint density at radius 2 is 0.559 bits per heavy atom. The van der Waals surface area contributed by atoms with E-state index in [0.29, 0.717) is 164 Å². The van der Waals surface area contributed by atoms with Gasteiger partial charge in [0.25, 0.3) is 0 Å². The molecule has 0 aromatic heterocycles. The number of piperazine rings is 4. The van der Waals surface area contributed by atoms with Gasteiger partial charge in [0.05, 0.1) is 152 Å². The molecule has 0 spiro atoms. The predicted molar refractivity (Wildman–Crippen MR) is 568 cm³/mol. The molecule has 0 saturated carbocycles. The van der Waals surface area contributed by atoms with Gasteiger partial charge in [0.15, 0.2) is 0 Å². The van der Waals surface area contributed by atoms with Gasteiger partial charge >= 0.3 is 18.3 Å². The summed E-state index contributed by atoms with van der Waals surface area (Å²) < 4.78 is 91.0.